The number of anilines is 1. The Balaban J connectivity index is 1.52. The molecule has 1 N–H and O–H groups in total. The van der Waals surface area contributed by atoms with Gasteiger partial charge in [0, 0.05) is 30.6 Å². The topological polar surface area (TPSA) is 58.6 Å². The van der Waals surface area contributed by atoms with Crippen LogP contribution in [0, 0.1) is 25.7 Å². The Labute approximate surface area is 149 Å². The van der Waals surface area contributed by atoms with Crippen molar-refractivity contribution >= 4 is 17.5 Å². The average Bonchev–Trinajstić information content (AvgIpc) is 2.65. The van der Waals surface area contributed by atoms with Crippen molar-refractivity contribution in [1.29, 1.82) is 0 Å². The Morgan fingerprint density at radius 2 is 1.68 bits per heavy atom. The highest BCUT2D eigenvalue weighted by Crippen LogP contribution is 2.31. The zero-order valence-electron chi connectivity index (χ0n) is 15.2. The Hall–Kier alpha value is -1.88. The number of rotatable bonds is 3. The molecular weight excluding hydrogens is 316 g/mol. The highest BCUT2D eigenvalue weighted by atomic mass is 16.5. The molecule has 0 unspecified atom stereocenters. The highest BCUT2D eigenvalue weighted by Gasteiger charge is 2.32. The van der Waals surface area contributed by atoms with E-state index in [1.54, 1.807) is 0 Å². The summed E-state index contributed by atoms with van der Waals surface area (Å²) in [5.74, 6) is 0.416. The summed E-state index contributed by atoms with van der Waals surface area (Å²) in [4.78, 5) is 27.1. The van der Waals surface area contributed by atoms with Gasteiger partial charge in [0.25, 0.3) is 0 Å². The second kappa shape index (κ2) is 8.00. The maximum Gasteiger partial charge on any atom is 0.227 e. The Bertz CT molecular complexity index is 630. The molecule has 1 aliphatic heterocycles. The van der Waals surface area contributed by atoms with E-state index in [0.717, 1.165) is 36.9 Å². The number of aryl methyl sites for hydroxylation is 1. The van der Waals surface area contributed by atoms with Gasteiger partial charge in [-0.15, -0.1) is 0 Å². The fourth-order valence-corrected chi connectivity index (χ4v) is 3.77. The number of nitrogens with zero attached hydrogens (tertiary/aromatic N) is 1. The van der Waals surface area contributed by atoms with Gasteiger partial charge in [-0.25, -0.2) is 0 Å². The molecule has 0 bridgehead atoms. The minimum Gasteiger partial charge on any atom is -0.378 e. The molecule has 3 rings (SSSR count). The largest absolute Gasteiger partial charge is 0.378 e. The number of amides is 2. The first-order valence-electron chi connectivity index (χ1n) is 9.30. The van der Waals surface area contributed by atoms with Crippen LogP contribution in [0.4, 0.5) is 5.69 Å². The summed E-state index contributed by atoms with van der Waals surface area (Å²) >= 11 is 0. The van der Waals surface area contributed by atoms with Gasteiger partial charge in [0.05, 0.1) is 13.2 Å². The van der Waals surface area contributed by atoms with Crippen molar-refractivity contribution in [2.75, 3.05) is 31.6 Å². The fraction of sp³-hybridized carbons (Fsp3) is 0.600. The molecule has 2 aliphatic rings. The third-order valence-electron chi connectivity index (χ3n) is 5.63. The van der Waals surface area contributed by atoms with Gasteiger partial charge in [-0.2, -0.15) is 0 Å². The molecule has 136 valence electrons. The molecule has 25 heavy (non-hydrogen) atoms. The van der Waals surface area contributed by atoms with Crippen molar-refractivity contribution in [2.24, 2.45) is 11.8 Å². The molecule has 5 nitrogen and oxygen atoms in total. The number of carbonyl (C=O) groups excluding carboxylic acids is 2. The molecule has 1 aromatic rings. The van der Waals surface area contributed by atoms with Gasteiger partial charge in [0.2, 0.25) is 11.8 Å². The molecule has 2 amide bonds. The SMILES string of the molecule is Cc1cccc(NC(=O)C2CCC(C(=O)N3CCOCC3)CC2)c1C. The average molecular weight is 344 g/mol. The van der Waals surface area contributed by atoms with Crippen LogP contribution in [0.2, 0.25) is 0 Å². The van der Waals surface area contributed by atoms with Crippen LogP contribution in [0.3, 0.4) is 0 Å². The minimum atomic E-state index is 0.00801. The normalized spacial score (nSPS) is 24.0. The first-order chi connectivity index (χ1) is 12.1. The lowest BCUT2D eigenvalue weighted by atomic mass is 9.80. The van der Waals surface area contributed by atoms with Crippen LogP contribution in [0.15, 0.2) is 18.2 Å². The third kappa shape index (κ3) is 4.21. The van der Waals surface area contributed by atoms with Crippen LogP contribution < -0.4 is 5.32 Å². The Morgan fingerprint density at radius 3 is 2.36 bits per heavy atom. The van der Waals surface area contributed by atoms with E-state index in [4.69, 9.17) is 4.74 Å². The number of hydrogen-bond acceptors (Lipinski definition) is 3. The number of morpholine rings is 1. The fourth-order valence-electron chi connectivity index (χ4n) is 3.77. The van der Waals surface area contributed by atoms with Gasteiger partial charge < -0.3 is 15.0 Å². The third-order valence-corrected chi connectivity index (χ3v) is 5.63. The van der Waals surface area contributed by atoms with Gasteiger partial charge in [0.1, 0.15) is 0 Å². The summed E-state index contributed by atoms with van der Waals surface area (Å²) < 4.78 is 5.31. The molecule has 0 atom stereocenters. The summed E-state index contributed by atoms with van der Waals surface area (Å²) in [6, 6.07) is 5.97. The Kier molecular flexibility index (Phi) is 5.74. The van der Waals surface area contributed by atoms with Crippen molar-refractivity contribution < 1.29 is 14.3 Å². The van der Waals surface area contributed by atoms with Crippen molar-refractivity contribution in [2.45, 2.75) is 39.5 Å². The molecule has 1 saturated heterocycles. The number of benzene rings is 1. The van der Waals surface area contributed by atoms with Crippen LogP contribution in [0.5, 0.6) is 0 Å². The van der Waals surface area contributed by atoms with E-state index in [1.165, 1.54) is 5.56 Å². The van der Waals surface area contributed by atoms with E-state index in [1.807, 2.05) is 36.9 Å². The number of ether oxygens (including phenoxy) is 1. The first kappa shape index (κ1) is 17.9. The van der Waals surface area contributed by atoms with Gasteiger partial charge in [-0.1, -0.05) is 12.1 Å². The van der Waals surface area contributed by atoms with E-state index >= 15 is 0 Å². The van der Waals surface area contributed by atoms with Crippen LogP contribution in [0.25, 0.3) is 0 Å². The molecule has 1 heterocycles. The second-order valence-electron chi connectivity index (χ2n) is 7.22. The summed E-state index contributed by atoms with van der Waals surface area (Å²) in [6.45, 7) is 6.76. The molecule has 1 aliphatic carbocycles. The molecule has 5 heteroatoms. The smallest absolute Gasteiger partial charge is 0.227 e. The molecule has 1 aromatic carbocycles. The summed E-state index contributed by atoms with van der Waals surface area (Å²) in [5.41, 5.74) is 3.20. The van der Waals surface area contributed by atoms with Crippen LogP contribution >= 0.6 is 0 Å². The van der Waals surface area contributed by atoms with Gasteiger partial charge in [-0.05, 0) is 56.7 Å². The summed E-state index contributed by atoms with van der Waals surface area (Å²) in [5, 5.41) is 3.08. The van der Waals surface area contributed by atoms with Crippen LogP contribution in [-0.2, 0) is 14.3 Å². The predicted octanol–water partition coefficient (Wildman–Crippen LogP) is 2.91. The lowest BCUT2D eigenvalue weighted by Gasteiger charge is -2.33. The van der Waals surface area contributed by atoms with Gasteiger partial charge in [-0.3, -0.25) is 9.59 Å². The van der Waals surface area contributed by atoms with Crippen LogP contribution in [0.1, 0.15) is 36.8 Å². The van der Waals surface area contributed by atoms with Crippen molar-refractivity contribution in [3.8, 4) is 0 Å². The zero-order valence-corrected chi connectivity index (χ0v) is 15.2. The molecule has 0 radical (unpaired) electrons. The van der Waals surface area contributed by atoms with E-state index in [-0.39, 0.29) is 23.7 Å². The van der Waals surface area contributed by atoms with E-state index in [2.05, 4.69) is 5.32 Å². The molecule has 0 spiro atoms. The minimum absolute atomic E-state index is 0.00801. The molecule has 0 aromatic heterocycles. The lowest BCUT2D eigenvalue weighted by Crippen LogP contribution is -2.44. The van der Waals surface area contributed by atoms with Gasteiger partial charge in [0.15, 0.2) is 0 Å². The monoisotopic (exact) mass is 344 g/mol. The zero-order chi connectivity index (χ0) is 17.8. The van der Waals surface area contributed by atoms with Crippen molar-refractivity contribution in [3.63, 3.8) is 0 Å². The van der Waals surface area contributed by atoms with Crippen LogP contribution in [-0.4, -0.2) is 43.0 Å². The quantitative estimate of drug-likeness (QED) is 0.917. The standard InChI is InChI=1S/C20H28N2O3/c1-14-4-3-5-18(15(14)2)21-19(23)16-6-8-17(9-7-16)20(24)22-10-12-25-13-11-22/h3-5,16-17H,6-13H2,1-2H3,(H,21,23). The van der Waals surface area contributed by atoms with E-state index < -0.39 is 0 Å². The van der Waals surface area contributed by atoms with Gasteiger partial charge >= 0.3 is 0 Å². The van der Waals surface area contributed by atoms with Crippen molar-refractivity contribution in [3.05, 3.63) is 29.3 Å². The maximum absolute atomic E-state index is 12.6. The summed E-state index contributed by atoms with van der Waals surface area (Å²) in [7, 11) is 0. The number of nitrogens with one attached hydrogen (secondary N) is 1. The number of carbonyl (C=O) groups is 2. The predicted molar refractivity (Wildman–Crippen MR) is 97.4 cm³/mol. The van der Waals surface area contributed by atoms with E-state index in [9.17, 15) is 9.59 Å². The molecule has 1 saturated carbocycles. The number of hydrogen-bond donors (Lipinski definition) is 1. The maximum atomic E-state index is 12.6. The van der Waals surface area contributed by atoms with E-state index in [0.29, 0.717) is 26.3 Å². The Morgan fingerprint density at radius 1 is 1.04 bits per heavy atom. The summed E-state index contributed by atoms with van der Waals surface area (Å²) in [6.07, 6.45) is 3.19. The first-order valence-corrected chi connectivity index (χ1v) is 9.30. The second-order valence-corrected chi connectivity index (χ2v) is 7.22. The lowest BCUT2D eigenvalue weighted by molar-refractivity contribution is -0.141. The molecule has 2 fully saturated rings. The molecular formula is C20H28N2O3. The highest BCUT2D eigenvalue weighted by molar-refractivity contribution is 5.93. The van der Waals surface area contributed by atoms with Crippen molar-refractivity contribution in [1.82, 2.24) is 4.90 Å².